The third-order valence-corrected chi connectivity index (χ3v) is 4.13. The van der Waals surface area contributed by atoms with Crippen LogP contribution in [0.25, 0.3) is 0 Å². The van der Waals surface area contributed by atoms with Crippen molar-refractivity contribution in [3.8, 4) is 5.75 Å². The molecule has 0 unspecified atom stereocenters. The Bertz CT molecular complexity index is 374. The third kappa shape index (κ3) is 3.48. The van der Waals surface area contributed by atoms with E-state index in [2.05, 4.69) is 41.9 Å². The van der Waals surface area contributed by atoms with Crippen molar-refractivity contribution in [2.24, 2.45) is 5.92 Å². The average Bonchev–Trinajstić information content (AvgIpc) is 2.38. The molecule has 1 heterocycles. The van der Waals surface area contributed by atoms with Crippen LogP contribution in [0.2, 0.25) is 0 Å². The molecule has 3 heteroatoms. The molecule has 0 aliphatic carbocycles. The molecule has 0 radical (unpaired) electrons. The quantitative estimate of drug-likeness (QED) is 0.782. The minimum atomic E-state index is 0.647. The minimum Gasteiger partial charge on any atom is -0.493 e. The normalized spacial score (nSPS) is 16.8. The SMILES string of the molecule is Cc1cc(CBr)cc(C)c1OCC1CCOCC1. The molecule has 0 atom stereocenters. The summed E-state index contributed by atoms with van der Waals surface area (Å²) in [6, 6.07) is 4.39. The van der Waals surface area contributed by atoms with Crippen LogP contribution in [-0.2, 0) is 10.1 Å². The molecular weight excluding hydrogens is 292 g/mol. The molecule has 1 aliphatic rings. The highest BCUT2D eigenvalue weighted by Crippen LogP contribution is 2.27. The van der Waals surface area contributed by atoms with Gasteiger partial charge in [0.15, 0.2) is 0 Å². The highest BCUT2D eigenvalue weighted by molar-refractivity contribution is 9.08. The molecule has 18 heavy (non-hydrogen) atoms. The Morgan fingerprint density at radius 3 is 2.39 bits per heavy atom. The highest BCUT2D eigenvalue weighted by Gasteiger charge is 2.15. The van der Waals surface area contributed by atoms with Crippen LogP contribution < -0.4 is 4.74 Å². The molecule has 1 saturated heterocycles. The molecule has 1 aromatic rings. The van der Waals surface area contributed by atoms with E-state index >= 15 is 0 Å². The Morgan fingerprint density at radius 2 is 1.83 bits per heavy atom. The van der Waals surface area contributed by atoms with E-state index in [9.17, 15) is 0 Å². The monoisotopic (exact) mass is 312 g/mol. The third-order valence-electron chi connectivity index (χ3n) is 3.48. The van der Waals surface area contributed by atoms with E-state index in [0.29, 0.717) is 5.92 Å². The van der Waals surface area contributed by atoms with Gasteiger partial charge in [-0.1, -0.05) is 28.1 Å². The molecule has 0 bridgehead atoms. The van der Waals surface area contributed by atoms with Gasteiger partial charge in [0.25, 0.3) is 0 Å². The first-order valence-electron chi connectivity index (χ1n) is 6.57. The number of hydrogen-bond acceptors (Lipinski definition) is 2. The van der Waals surface area contributed by atoms with Crippen molar-refractivity contribution in [3.05, 3.63) is 28.8 Å². The lowest BCUT2D eigenvalue weighted by Gasteiger charge is -2.23. The molecular formula is C15H21BrO2. The summed E-state index contributed by atoms with van der Waals surface area (Å²) in [5.41, 5.74) is 3.77. The van der Waals surface area contributed by atoms with Crippen LogP contribution in [0.1, 0.15) is 29.5 Å². The predicted octanol–water partition coefficient (Wildman–Crippen LogP) is 4.00. The topological polar surface area (TPSA) is 18.5 Å². The molecule has 100 valence electrons. The van der Waals surface area contributed by atoms with Gasteiger partial charge in [0, 0.05) is 18.5 Å². The first-order chi connectivity index (χ1) is 8.70. The molecule has 0 N–H and O–H groups in total. The predicted molar refractivity (Wildman–Crippen MR) is 77.6 cm³/mol. The van der Waals surface area contributed by atoms with Crippen LogP contribution in [0, 0.1) is 19.8 Å². The molecule has 1 aromatic carbocycles. The van der Waals surface area contributed by atoms with Gasteiger partial charge in [-0.25, -0.2) is 0 Å². The molecule has 1 aliphatic heterocycles. The number of hydrogen-bond donors (Lipinski definition) is 0. The van der Waals surface area contributed by atoms with E-state index < -0.39 is 0 Å². The zero-order valence-electron chi connectivity index (χ0n) is 11.2. The van der Waals surface area contributed by atoms with E-state index in [0.717, 1.165) is 43.7 Å². The molecule has 0 saturated carbocycles. The first-order valence-corrected chi connectivity index (χ1v) is 7.69. The van der Waals surface area contributed by atoms with Crippen molar-refractivity contribution in [1.82, 2.24) is 0 Å². The van der Waals surface area contributed by atoms with Gasteiger partial charge in [-0.2, -0.15) is 0 Å². The fourth-order valence-electron chi connectivity index (χ4n) is 2.46. The van der Waals surface area contributed by atoms with Gasteiger partial charge >= 0.3 is 0 Å². The second-order valence-electron chi connectivity index (χ2n) is 5.06. The van der Waals surface area contributed by atoms with E-state index in [1.807, 2.05) is 0 Å². The molecule has 2 nitrogen and oxygen atoms in total. The summed E-state index contributed by atoms with van der Waals surface area (Å²) >= 11 is 3.50. The van der Waals surface area contributed by atoms with Crippen molar-refractivity contribution >= 4 is 15.9 Å². The number of ether oxygens (including phenoxy) is 2. The average molecular weight is 313 g/mol. The first kappa shape index (κ1) is 13.9. The van der Waals surface area contributed by atoms with Crippen LogP contribution >= 0.6 is 15.9 Å². The van der Waals surface area contributed by atoms with Crippen LogP contribution in [0.3, 0.4) is 0 Å². The maximum Gasteiger partial charge on any atom is 0.125 e. The molecule has 2 rings (SSSR count). The van der Waals surface area contributed by atoms with Crippen LogP contribution in [-0.4, -0.2) is 19.8 Å². The van der Waals surface area contributed by atoms with Crippen LogP contribution in [0.15, 0.2) is 12.1 Å². The second-order valence-corrected chi connectivity index (χ2v) is 5.62. The lowest BCUT2D eigenvalue weighted by atomic mass is 10.0. The van der Waals surface area contributed by atoms with Crippen molar-refractivity contribution in [2.75, 3.05) is 19.8 Å². The lowest BCUT2D eigenvalue weighted by Crippen LogP contribution is -2.21. The van der Waals surface area contributed by atoms with Crippen molar-refractivity contribution in [1.29, 1.82) is 0 Å². The zero-order valence-corrected chi connectivity index (χ0v) is 12.8. The number of benzene rings is 1. The Hall–Kier alpha value is -0.540. The fraction of sp³-hybridized carbons (Fsp3) is 0.600. The molecule has 0 aromatic heterocycles. The number of alkyl halides is 1. The van der Waals surface area contributed by atoms with Crippen LogP contribution in [0.5, 0.6) is 5.75 Å². The van der Waals surface area contributed by atoms with Gasteiger partial charge in [-0.3, -0.25) is 0 Å². The summed E-state index contributed by atoms with van der Waals surface area (Å²) in [5.74, 6) is 1.71. The fourth-order valence-corrected chi connectivity index (χ4v) is 2.78. The Labute approximate surface area is 118 Å². The Morgan fingerprint density at radius 1 is 1.22 bits per heavy atom. The summed E-state index contributed by atoms with van der Waals surface area (Å²) in [4.78, 5) is 0. The summed E-state index contributed by atoms with van der Waals surface area (Å²) in [6.45, 7) is 6.83. The highest BCUT2D eigenvalue weighted by atomic mass is 79.9. The molecule has 0 spiro atoms. The van der Waals surface area contributed by atoms with Gasteiger partial charge in [0.1, 0.15) is 5.75 Å². The summed E-state index contributed by atoms with van der Waals surface area (Å²) in [7, 11) is 0. The van der Waals surface area contributed by atoms with Crippen molar-refractivity contribution in [2.45, 2.75) is 32.0 Å². The summed E-state index contributed by atoms with van der Waals surface area (Å²) < 4.78 is 11.4. The maximum absolute atomic E-state index is 6.04. The van der Waals surface area contributed by atoms with Gasteiger partial charge in [-0.05, 0) is 49.3 Å². The standard InChI is InChI=1S/C15H21BrO2/c1-11-7-14(9-16)8-12(2)15(11)18-10-13-3-5-17-6-4-13/h7-8,13H,3-6,9-10H2,1-2H3. The lowest BCUT2D eigenvalue weighted by molar-refractivity contribution is 0.0495. The van der Waals surface area contributed by atoms with E-state index in [-0.39, 0.29) is 0 Å². The van der Waals surface area contributed by atoms with Gasteiger partial charge < -0.3 is 9.47 Å². The Balaban J connectivity index is 2.00. The molecule has 0 amide bonds. The second kappa shape index (κ2) is 6.58. The van der Waals surface area contributed by atoms with E-state index in [4.69, 9.17) is 9.47 Å². The van der Waals surface area contributed by atoms with Gasteiger partial charge in [-0.15, -0.1) is 0 Å². The van der Waals surface area contributed by atoms with Crippen LogP contribution in [0.4, 0.5) is 0 Å². The van der Waals surface area contributed by atoms with E-state index in [1.165, 1.54) is 16.7 Å². The smallest absolute Gasteiger partial charge is 0.125 e. The Kier molecular flexibility index (Phi) is 5.07. The minimum absolute atomic E-state index is 0.647. The van der Waals surface area contributed by atoms with Gasteiger partial charge in [0.05, 0.1) is 6.61 Å². The summed E-state index contributed by atoms with van der Waals surface area (Å²) in [5, 5.41) is 0.898. The van der Waals surface area contributed by atoms with Crippen molar-refractivity contribution in [3.63, 3.8) is 0 Å². The molecule has 1 fully saturated rings. The number of aryl methyl sites for hydroxylation is 2. The van der Waals surface area contributed by atoms with Crippen molar-refractivity contribution < 1.29 is 9.47 Å². The summed E-state index contributed by atoms with van der Waals surface area (Å²) in [6.07, 6.45) is 2.25. The number of rotatable bonds is 4. The van der Waals surface area contributed by atoms with E-state index in [1.54, 1.807) is 0 Å². The maximum atomic E-state index is 6.04. The zero-order chi connectivity index (χ0) is 13.0. The number of halogens is 1. The largest absolute Gasteiger partial charge is 0.493 e. The van der Waals surface area contributed by atoms with Gasteiger partial charge in [0.2, 0.25) is 0 Å².